The highest BCUT2D eigenvalue weighted by Crippen LogP contribution is 2.37. The first kappa shape index (κ1) is 22.2. The Morgan fingerprint density at radius 1 is 1.25 bits per heavy atom. The lowest BCUT2D eigenvalue weighted by Gasteiger charge is -2.16. The van der Waals surface area contributed by atoms with Gasteiger partial charge in [-0.2, -0.15) is 5.10 Å². The van der Waals surface area contributed by atoms with Gasteiger partial charge in [0.15, 0.2) is 11.5 Å². The largest absolute Gasteiger partial charge is 0.490 e. The Bertz CT molecular complexity index is 1170. The van der Waals surface area contributed by atoms with E-state index in [-0.39, 0.29) is 12.0 Å². The van der Waals surface area contributed by atoms with Crippen molar-refractivity contribution < 1.29 is 14.3 Å². The number of fused-ring (bicyclic) bond motifs is 3. The average molecular weight is 454 g/mol. The van der Waals surface area contributed by atoms with Crippen LogP contribution in [0.2, 0.25) is 5.02 Å². The number of hydrogen-bond acceptors (Lipinski definition) is 4. The highest BCUT2D eigenvalue weighted by molar-refractivity contribution is 6.32. The highest BCUT2D eigenvalue weighted by atomic mass is 35.5. The third-order valence-electron chi connectivity index (χ3n) is 5.43. The third-order valence-corrected chi connectivity index (χ3v) is 5.71. The van der Waals surface area contributed by atoms with Gasteiger partial charge >= 0.3 is 0 Å². The number of aromatic amines is 1. The van der Waals surface area contributed by atoms with E-state index in [0.717, 1.165) is 23.7 Å². The van der Waals surface area contributed by atoms with E-state index in [1.165, 1.54) is 24.1 Å². The molecule has 2 aromatic carbocycles. The molecule has 1 aromatic heterocycles. The van der Waals surface area contributed by atoms with Gasteiger partial charge in [-0.05, 0) is 87.9 Å². The standard InChI is InChI=1S/C25H28ClN3O3/c1-4-31-23-12-16(11-20(26)24(23)32-15(2)3)14-27-29-25(30)17-9-10-22-19(13-17)18-7-5-6-8-21(18)28-22/h9-15,28H,4-8H2,1-3H3,(H,29,30)/b27-14-. The van der Waals surface area contributed by atoms with E-state index in [1.54, 1.807) is 18.3 Å². The molecule has 1 amide bonds. The van der Waals surface area contributed by atoms with Crippen LogP contribution in [0.15, 0.2) is 35.4 Å². The molecule has 32 heavy (non-hydrogen) atoms. The lowest BCUT2D eigenvalue weighted by molar-refractivity contribution is 0.0955. The summed E-state index contributed by atoms with van der Waals surface area (Å²) in [5.41, 5.74) is 7.61. The fourth-order valence-electron chi connectivity index (χ4n) is 4.05. The van der Waals surface area contributed by atoms with Gasteiger partial charge in [0.25, 0.3) is 5.91 Å². The van der Waals surface area contributed by atoms with Crippen molar-refractivity contribution in [3.8, 4) is 11.5 Å². The first-order valence-corrected chi connectivity index (χ1v) is 11.4. The van der Waals surface area contributed by atoms with Crippen LogP contribution in [0, 0.1) is 0 Å². The van der Waals surface area contributed by atoms with Crippen molar-refractivity contribution in [2.75, 3.05) is 6.61 Å². The lowest BCUT2D eigenvalue weighted by Crippen LogP contribution is -2.17. The summed E-state index contributed by atoms with van der Waals surface area (Å²) < 4.78 is 11.5. The second-order valence-corrected chi connectivity index (χ2v) is 8.59. The second-order valence-electron chi connectivity index (χ2n) is 8.18. The molecule has 7 heteroatoms. The predicted octanol–water partition coefficient (Wildman–Crippen LogP) is 5.65. The molecular weight excluding hydrogens is 426 g/mol. The number of nitrogens with zero attached hydrogens (tertiary/aromatic N) is 1. The van der Waals surface area contributed by atoms with Crippen LogP contribution >= 0.6 is 11.6 Å². The number of aromatic nitrogens is 1. The number of halogens is 1. The highest BCUT2D eigenvalue weighted by Gasteiger charge is 2.17. The molecule has 1 aliphatic carbocycles. The number of hydrazone groups is 1. The number of nitrogens with one attached hydrogen (secondary N) is 2. The normalized spacial score (nSPS) is 13.5. The summed E-state index contributed by atoms with van der Waals surface area (Å²) in [6.07, 6.45) is 6.03. The maximum Gasteiger partial charge on any atom is 0.271 e. The Morgan fingerprint density at radius 2 is 2.06 bits per heavy atom. The molecule has 0 radical (unpaired) electrons. The molecule has 0 spiro atoms. The minimum atomic E-state index is -0.259. The van der Waals surface area contributed by atoms with E-state index in [9.17, 15) is 4.79 Å². The van der Waals surface area contributed by atoms with E-state index in [4.69, 9.17) is 21.1 Å². The van der Waals surface area contributed by atoms with Crippen LogP contribution < -0.4 is 14.9 Å². The smallest absolute Gasteiger partial charge is 0.271 e. The van der Waals surface area contributed by atoms with Gasteiger partial charge in [0.05, 0.1) is 23.9 Å². The maximum absolute atomic E-state index is 12.7. The Labute approximate surface area is 192 Å². The molecule has 6 nitrogen and oxygen atoms in total. The first-order chi connectivity index (χ1) is 15.5. The van der Waals surface area contributed by atoms with Crippen molar-refractivity contribution in [1.29, 1.82) is 0 Å². The van der Waals surface area contributed by atoms with Gasteiger partial charge in [-0.25, -0.2) is 5.43 Å². The van der Waals surface area contributed by atoms with Crippen molar-refractivity contribution in [3.63, 3.8) is 0 Å². The zero-order valence-electron chi connectivity index (χ0n) is 18.6. The van der Waals surface area contributed by atoms with E-state index >= 15 is 0 Å². The molecule has 4 rings (SSSR count). The number of aryl methyl sites for hydroxylation is 2. The fraction of sp³-hybridized carbons (Fsp3) is 0.360. The Balaban J connectivity index is 1.50. The van der Waals surface area contributed by atoms with Crippen molar-refractivity contribution in [1.82, 2.24) is 10.4 Å². The summed E-state index contributed by atoms with van der Waals surface area (Å²) in [6, 6.07) is 9.25. The summed E-state index contributed by atoms with van der Waals surface area (Å²) in [6.45, 7) is 6.23. The number of amides is 1. The van der Waals surface area contributed by atoms with Gasteiger partial charge < -0.3 is 14.5 Å². The molecule has 1 aliphatic rings. The summed E-state index contributed by atoms with van der Waals surface area (Å²) >= 11 is 6.40. The number of H-pyrrole nitrogens is 1. The van der Waals surface area contributed by atoms with Crippen molar-refractivity contribution in [2.45, 2.75) is 52.6 Å². The van der Waals surface area contributed by atoms with Crippen LogP contribution in [0.5, 0.6) is 11.5 Å². The van der Waals surface area contributed by atoms with Crippen molar-refractivity contribution in [3.05, 3.63) is 57.7 Å². The molecule has 3 aromatic rings. The Hall–Kier alpha value is -2.99. The van der Waals surface area contributed by atoms with Crippen LogP contribution in [0.25, 0.3) is 10.9 Å². The molecule has 0 aliphatic heterocycles. The van der Waals surface area contributed by atoms with Gasteiger partial charge in [-0.3, -0.25) is 4.79 Å². The Kier molecular flexibility index (Phi) is 6.70. The van der Waals surface area contributed by atoms with Crippen LogP contribution in [-0.2, 0) is 12.8 Å². The van der Waals surface area contributed by atoms with Gasteiger partial charge in [0.1, 0.15) is 0 Å². The topological polar surface area (TPSA) is 75.7 Å². The molecule has 1 heterocycles. The second kappa shape index (κ2) is 9.65. The van der Waals surface area contributed by atoms with Crippen LogP contribution in [0.3, 0.4) is 0 Å². The maximum atomic E-state index is 12.7. The summed E-state index contributed by atoms with van der Waals surface area (Å²) in [5, 5.41) is 5.68. The van der Waals surface area contributed by atoms with E-state index < -0.39 is 0 Å². The SMILES string of the molecule is CCOc1cc(/C=N\NC(=O)c2ccc3[nH]c4c(c3c2)CCCC4)cc(Cl)c1OC(C)C. The monoisotopic (exact) mass is 453 g/mol. The van der Waals surface area contributed by atoms with Crippen molar-refractivity contribution in [2.24, 2.45) is 5.10 Å². The van der Waals surface area contributed by atoms with Crippen LogP contribution in [0.1, 0.15) is 60.8 Å². The van der Waals surface area contributed by atoms with Gasteiger partial charge in [-0.15, -0.1) is 0 Å². The number of hydrogen-bond donors (Lipinski definition) is 2. The molecule has 0 atom stereocenters. The zero-order valence-corrected chi connectivity index (χ0v) is 19.4. The van der Waals surface area contributed by atoms with Crippen molar-refractivity contribution >= 4 is 34.6 Å². The molecule has 0 saturated carbocycles. The molecule has 168 valence electrons. The molecule has 0 bridgehead atoms. The number of rotatable bonds is 7. The molecular formula is C25H28ClN3O3. The number of benzene rings is 2. The summed E-state index contributed by atoms with van der Waals surface area (Å²) in [4.78, 5) is 16.2. The quantitative estimate of drug-likeness (QED) is 0.358. The van der Waals surface area contributed by atoms with Crippen LogP contribution in [-0.4, -0.2) is 29.8 Å². The number of ether oxygens (including phenoxy) is 2. The van der Waals surface area contributed by atoms with Crippen LogP contribution in [0.4, 0.5) is 0 Å². The third kappa shape index (κ3) is 4.75. The van der Waals surface area contributed by atoms with E-state index in [2.05, 4.69) is 15.5 Å². The molecule has 0 unspecified atom stereocenters. The van der Waals surface area contributed by atoms with E-state index in [0.29, 0.717) is 34.3 Å². The Morgan fingerprint density at radius 3 is 2.84 bits per heavy atom. The minimum absolute atomic E-state index is 0.0338. The molecule has 0 saturated heterocycles. The van der Waals surface area contributed by atoms with Gasteiger partial charge in [-0.1, -0.05) is 11.6 Å². The first-order valence-electron chi connectivity index (χ1n) is 11.1. The zero-order chi connectivity index (χ0) is 22.7. The molecule has 2 N–H and O–H groups in total. The van der Waals surface area contributed by atoms with Gasteiger partial charge in [0.2, 0.25) is 0 Å². The van der Waals surface area contributed by atoms with E-state index in [1.807, 2.05) is 39.0 Å². The van der Waals surface area contributed by atoms with Gasteiger partial charge in [0, 0.05) is 22.2 Å². The minimum Gasteiger partial charge on any atom is -0.490 e. The summed E-state index contributed by atoms with van der Waals surface area (Å²) in [5.74, 6) is 0.793. The lowest BCUT2D eigenvalue weighted by atomic mass is 9.95. The number of carbonyl (C=O) groups is 1. The molecule has 0 fully saturated rings. The average Bonchev–Trinajstić information content (AvgIpc) is 3.14. The number of carbonyl (C=O) groups excluding carboxylic acids is 1. The fourth-order valence-corrected chi connectivity index (χ4v) is 4.32. The summed E-state index contributed by atoms with van der Waals surface area (Å²) in [7, 11) is 0. The predicted molar refractivity (Wildman–Crippen MR) is 128 cm³/mol.